The molecule has 1 aliphatic heterocycles. The van der Waals surface area contributed by atoms with E-state index in [-0.39, 0.29) is 5.41 Å². The van der Waals surface area contributed by atoms with Crippen LogP contribution < -0.4 is 20.3 Å². The first-order valence-corrected chi connectivity index (χ1v) is 14.7. The number of para-hydroxylation sites is 1. The number of carbonyl (C=O) groups excluding carboxylic acids is 2. The van der Waals surface area contributed by atoms with Crippen LogP contribution in [0.1, 0.15) is 61.6 Å². The lowest BCUT2D eigenvalue weighted by atomic mass is 9.87. The largest absolute Gasteiger partial charge is 0.489 e. The van der Waals surface area contributed by atoms with Crippen molar-refractivity contribution in [3.05, 3.63) is 107 Å². The quantitative estimate of drug-likeness (QED) is 0.322. The third-order valence-electron chi connectivity index (χ3n) is 8.03. The van der Waals surface area contributed by atoms with Gasteiger partial charge in [-0.25, -0.2) is 0 Å². The number of hydrogen-bond donors (Lipinski definition) is 3. The Kier molecular flexibility index (Phi) is 8.88. The third kappa shape index (κ3) is 6.24. The smallest absolute Gasteiger partial charge is 0.263 e. The molecule has 2 amide bonds. The van der Waals surface area contributed by atoms with E-state index in [0.717, 1.165) is 16.7 Å². The Morgan fingerprint density at radius 2 is 1.95 bits per heavy atom. The van der Waals surface area contributed by atoms with E-state index in [1.54, 1.807) is 48.8 Å². The van der Waals surface area contributed by atoms with Gasteiger partial charge in [0.05, 0.1) is 23.4 Å². The van der Waals surface area contributed by atoms with Crippen molar-refractivity contribution < 1.29 is 19.4 Å². The number of terminal acetylenes is 1. The third-order valence-corrected chi connectivity index (χ3v) is 8.03. The topological polar surface area (TPSA) is 104 Å². The van der Waals surface area contributed by atoms with E-state index < -0.39 is 30.0 Å². The zero-order chi connectivity index (χ0) is 31.4. The van der Waals surface area contributed by atoms with Gasteiger partial charge in [-0.3, -0.25) is 19.5 Å². The SMILES string of the molecule is C#C/C=C\C1=C(C)C[C@H](O)[C@H]1NC(=O)C(c1cccnc1)N(C(=O)c1cccc2c1OCCN2)c1ccc(C(C)(C)C)cc1. The minimum absolute atomic E-state index is 0.114. The number of ether oxygens (including phenoxy) is 1. The van der Waals surface area contributed by atoms with Crippen molar-refractivity contribution in [2.75, 3.05) is 23.4 Å². The second-order valence-corrected chi connectivity index (χ2v) is 12.1. The maximum absolute atomic E-state index is 14.7. The molecule has 0 saturated carbocycles. The lowest BCUT2D eigenvalue weighted by Gasteiger charge is -2.34. The summed E-state index contributed by atoms with van der Waals surface area (Å²) in [6.45, 7) is 9.28. The highest BCUT2D eigenvalue weighted by Crippen LogP contribution is 2.37. The van der Waals surface area contributed by atoms with Gasteiger partial charge in [0.15, 0.2) is 5.75 Å². The highest BCUT2D eigenvalue weighted by atomic mass is 16.5. The fourth-order valence-corrected chi connectivity index (χ4v) is 5.74. The first-order chi connectivity index (χ1) is 21.1. The first-order valence-electron chi connectivity index (χ1n) is 14.7. The molecule has 0 fully saturated rings. The van der Waals surface area contributed by atoms with Gasteiger partial charge >= 0.3 is 0 Å². The summed E-state index contributed by atoms with van der Waals surface area (Å²) in [6.07, 6.45) is 11.5. The standard InChI is InChI=1S/C36H38N4O4/c1-6-7-11-27-23(2)21-30(41)31(27)39-34(42)32(24-10-9-18-37-22-24)40(26-16-14-25(15-17-26)36(3,4)5)35(43)28-12-8-13-29-33(28)44-20-19-38-29/h1,7-18,22,30-32,38,41H,19-21H2,2-5H3,(H,39,42)/b11-7-/t30-,31-,32?/m0/s1. The van der Waals surface area contributed by atoms with Crippen LogP contribution in [0.2, 0.25) is 0 Å². The van der Waals surface area contributed by atoms with Crippen LogP contribution in [-0.4, -0.2) is 47.2 Å². The Bertz CT molecular complexity index is 1630. The first kappa shape index (κ1) is 30.6. The number of rotatable bonds is 7. The Hall–Kier alpha value is -4.87. The molecule has 2 heterocycles. The molecule has 5 rings (SSSR count). The van der Waals surface area contributed by atoms with Crippen LogP contribution >= 0.6 is 0 Å². The van der Waals surface area contributed by atoms with Crippen molar-refractivity contribution >= 4 is 23.2 Å². The van der Waals surface area contributed by atoms with Gasteiger partial charge < -0.3 is 20.5 Å². The number of benzene rings is 2. The van der Waals surface area contributed by atoms with Gasteiger partial charge in [-0.2, -0.15) is 0 Å². The van der Waals surface area contributed by atoms with Crippen LogP contribution in [0.4, 0.5) is 11.4 Å². The van der Waals surface area contributed by atoms with E-state index in [4.69, 9.17) is 11.2 Å². The van der Waals surface area contributed by atoms with E-state index in [9.17, 15) is 14.7 Å². The van der Waals surface area contributed by atoms with Gasteiger partial charge in [-0.1, -0.05) is 56.5 Å². The molecule has 2 aromatic carbocycles. The molecule has 1 aliphatic carbocycles. The number of amides is 2. The molecule has 3 atom stereocenters. The number of anilines is 2. The predicted molar refractivity (Wildman–Crippen MR) is 173 cm³/mol. The molecular formula is C36H38N4O4. The molecule has 0 radical (unpaired) electrons. The fourth-order valence-electron chi connectivity index (χ4n) is 5.74. The van der Waals surface area contributed by atoms with E-state index in [2.05, 4.69) is 42.3 Å². The summed E-state index contributed by atoms with van der Waals surface area (Å²) in [5.74, 6) is 2.04. The minimum Gasteiger partial charge on any atom is -0.489 e. The van der Waals surface area contributed by atoms with Gasteiger partial charge in [0, 0.05) is 30.2 Å². The average Bonchev–Trinajstić information content (AvgIpc) is 3.28. The Labute approximate surface area is 258 Å². The van der Waals surface area contributed by atoms with E-state index >= 15 is 0 Å². The second-order valence-electron chi connectivity index (χ2n) is 12.1. The number of aliphatic hydroxyl groups excluding tert-OH is 1. The summed E-state index contributed by atoms with van der Waals surface area (Å²) < 4.78 is 5.97. The molecule has 226 valence electrons. The van der Waals surface area contributed by atoms with Crippen LogP contribution in [0.3, 0.4) is 0 Å². The molecule has 3 N–H and O–H groups in total. The highest BCUT2D eigenvalue weighted by Gasteiger charge is 2.39. The molecule has 1 aromatic heterocycles. The molecule has 3 aromatic rings. The van der Waals surface area contributed by atoms with Gasteiger partial charge in [0.1, 0.15) is 12.6 Å². The number of carbonyl (C=O) groups is 2. The molecular weight excluding hydrogens is 552 g/mol. The highest BCUT2D eigenvalue weighted by molar-refractivity contribution is 6.12. The summed E-state index contributed by atoms with van der Waals surface area (Å²) in [6, 6.07) is 14.7. The van der Waals surface area contributed by atoms with Gasteiger partial charge in [-0.15, -0.1) is 6.42 Å². The van der Waals surface area contributed by atoms with Crippen molar-refractivity contribution in [1.29, 1.82) is 0 Å². The van der Waals surface area contributed by atoms with Crippen molar-refractivity contribution in [2.45, 2.75) is 57.7 Å². The molecule has 2 aliphatic rings. The predicted octanol–water partition coefficient (Wildman–Crippen LogP) is 5.33. The summed E-state index contributed by atoms with van der Waals surface area (Å²) in [4.78, 5) is 34.9. The van der Waals surface area contributed by atoms with Crippen LogP contribution in [0.5, 0.6) is 5.75 Å². The average molecular weight is 591 g/mol. The molecule has 8 nitrogen and oxygen atoms in total. The number of pyridine rings is 1. The Morgan fingerprint density at radius 1 is 1.18 bits per heavy atom. The lowest BCUT2D eigenvalue weighted by Crippen LogP contribution is -2.49. The number of nitrogens with one attached hydrogen (secondary N) is 2. The van der Waals surface area contributed by atoms with Crippen LogP contribution in [0, 0.1) is 12.3 Å². The van der Waals surface area contributed by atoms with Gasteiger partial charge in [-0.05, 0) is 72.4 Å². The fraction of sp³-hybridized carbons (Fsp3) is 0.306. The van der Waals surface area contributed by atoms with Crippen LogP contribution in [-0.2, 0) is 10.2 Å². The normalized spacial score (nSPS) is 18.5. The molecule has 8 heteroatoms. The molecule has 0 bridgehead atoms. The van der Waals surface area contributed by atoms with Crippen molar-refractivity contribution in [2.24, 2.45) is 0 Å². The van der Waals surface area contributed by atoms with Crippen LogP contribution in [0.15, 0.2) is 90.3 Å². The Balaban J connectivity index is 1.64. The summed E-state index contributed by atoms with van der Waals surface area (Å²) in [5, 5.41) is 17.3. The Morgan fingerprint density at radius 3 is 2.64 bits per heavy atom. The number of hydrogen-bond acceptors (Lipinski definition) is 6. The van der Waals surface area contributed by atoms with Gasteiger partial charge in [0.25, 0.3) is 5.91 Å². The number of aliphatic hydroxyl groups is 1. The van der Waals surface area contributed by atoms with E-state index in [1.165, 1.54) is 4.90 Å². The summed E-state index contributed by atoms with van der Waals surface area (Å²) in [5.41, 5.74) is 4.72. The zero-order valence-corrected chi connectivity index (χ0v) is 25.5. The molecule has 0 spiro atoms. The van der Waals surface area contributed by atoms with Gasteiger partial charge in [0.2, 0.25) is 5.91 Å². The van der Waals surface area contributed by atoms with E-state index in [1.807, 2.05) is 37.3 Å². The van der Waals surface area contributed by atoms with Crippen molar-refractivity contribution in [3.8, 4) is 18.1 Å². The zero-order valence-electron chi connectivity index (χ0n) is 25.5. The number of allylic oxidation sites excluding steroid dienone is 1. The maximum Gasteiger partial charge on any atom is 0.263 e. The van der Waals surface area contributed by atoms with E-state index in [0.29, 0.717) is 47.8 Å². The van der Waals surface area contributed by atoms with Crippen LogP contribution in [0.25, 0.3) is 0 Å². The molecule has 0 saturated heterocycles. The number of aromatic nitrogens is 1. The summed E-state index contributed by atoms with van der Waals surface area (Å²) in [7, 11) is 0. The van der Waals surface area contributed by atoms with Crippen molar-refractivity contribution in [1.82, 2.24) is 10.3 Å². The lowest BCUT2D eigenvalue weighted by molar-refractivity contribution is -0.123. The maximum atomic E-state index is 14.7. The molecule has 1 unspecified atom stereocenters. The number of nitrogens with zero attached hydrogens (tertiary/aromatic N) is 2. The monoisotopic (exact) mass is 590 g/mol. The second kappa shape index (κ2) is 12.8. The number of fused-ring (bicyclic) bond motifs is 1. The minimum atomic E-state index is -1.13. The molecule has 44 heavy (non-hydrogen) atoms. The summed E-state index contributed by atoms with van der Waals surface area (Å²) >= 11 is 0. The van der Waals surface area contributed by atoms with Crippen molar-refractivity contribution in [3.63, 3.8) is 0 Å².